The fraction of sp³-hybridized carbons (Fsp3) is 0.192. The van der Waals surface area contributed by atoms with E-state index in [1.54, 1.807) is 6.26 Å². The van der Waals surface area contributed by atoms with Crippen LogP contribution >= 0.6 is 0 Å². The molecule has 1 unspecified atom stereocenters. The summed E-state index contributed by atoms with van der Waals surface area (Å²) in [5.41, 5.74) is 5.67. The zero-order chi connectivity index (χ0) is 21.2. The van der Waals surface area contributed by atoms with Crippen molar-refractivity contribution >= 4 is 6.03 Å². The molecule has 31 heavy (non-hydrogen) atoms. The van der Waals surface area contributed by atoms with Crippen molar-refractivity contribution in [3.05, 3.63) is 113 Å². The van der Waals surface area contributed by atoms with Gasteiger partial charge in [0.05, 0.1) is 31.1 Å². The number of rotatable bonds is 4. The van der Waals surface area contributed by atoms with Gasteiger partial charge in [-0.1, -0.05) is 49.4 Å². The average Bonchev–Trinajstić information content (AvgIpc) is 3.48. The van der Waals surface area contributed by atoms with Crippen LogP contribution in [0.4, 0.5) is 4.79 Å². The number of carbonyl (C=O) groups is 1. The van der Waals surface area contributed by atoms with Crippen LogP contribution in [0, 0.1) is 0 Å². The Hall–Kier alpha value is -3.73. The van der Waals surface area contributed by atoms with Crippen LogP contribution in [-0.2, 0) is 19.5 Å². The van der Waals surface area contributed by atoms with Crippen LogP contribution in [0.1, 0.15) is 41.1 Å². The van der Waals surface area contributed by atoms with E-state index in [0.717, 1.165) is 34.7 Å². The zero-order valence-corrected chi connectivity index (χ0v) is 17.5. The molecule has 2 aromatic carbocycles. The second kappa shape index (κ2) is 8.19. The summed E-state index contributed by atoms with van der Waals surface area (Å²) in [5.74, 6) is 0.732. The molecule has 2 amide bonds. The van der Waals surface area contributed by atoms with Gasteiger partial charge in [0.1, 0.15) is 5.76 Å². The molecule has 0 aliphatic carbocycles. The summed E-state index contributed by atoms with van der Waals surface area (Å²) in [4.78, 5) is 15.4. The van der Waals surface area contributed by atoms with Crippen molar-refractivity contribution in [3.8, 4) is 5.69 Å². The standard InChI is InChI=1S/C26H25N3O2/c1-2-19-11-13-20(14-12-19)25-24-10-5-15-28(24)23-9-4-3-7-21(23)18-29(25)26(30)27-17-22-8-6-16-31-22/h3-16,25H,2,17-18H2,1H3,(H,27,30). The molecular formula is C26H25N3O2. The molecule has 0 fully saturated rings. The molecule has 0 bridgehead atoms. The molecule has 1 atom stereocenters. The van der Waals surface area contributed by atoms with E-state index in [2.05, 4.69) is 65.5 Å². The topological polar surface area (TPSA) is 50.4 Å². The van der Waals surface area contributed by atoms with E-state index in [9.17, 15) is 4.79 Å². The molecule has 5 heteroatoms. The number of furan rings is 1. The van der Waals surface area contributed by atoms with Gasteiger partial charge < -0.3 is 19.2 Å². The van der Waals surface area contributed by atoms with Crippen LogP contribution < -0.4 is 5.32 Å². The number of benzene rings is 2. The lowest BCUT2D eigenvalue weighted by Gasteiger charge is -2.31. The van der Waals surface area contributed by atoms with Gasteiger partial charge in [-0.15, -0.1) is 0 Å². The van der Waals surface area contributed by atoms with Gasteiger partial charge in [-0.3, -0.25) is 0 Å². The molecule has 0 saturated heterocycles. The number of hydrogen-bond donors (Lipinski definition) is 1. The zero-order valence-electron chi connectivity index (χ0n) is 17.5. The molecule has 5 rings (SSSR count). The lowest BCUT2D eigenvalue weighted by molar-refractivity contribution is 0.179. The summed E-state index contributed by atoms with van der Waals surface area (Å²) in [6.07, 6.45) is 4.68. The molecule has 0 saturated carbocycles. The number of aryl methyl sites for hydroxylation is 1. The van der Waals surface area contributed by atoms with Gasteiger partial charge in [0.15, 0.2) is 0 Å². The lowest BCUT2D eigenvalue weighted by atomic mass is 10.00. The minimum atomic E-state index is -0.204. The number of nitrogens with zero attached hydrogens (tertiary/aromatic N) is 2. The number of carbonyl (C=O) groups excluding carboxylic acids is 1. The Morgan fingerprint density at radius 1 is 1.03 bits per heavy atom. The first kappa shape index (κ1) is 19.2. The molecule has 2 aromatic heterocycles. The van der Waals surface area contributed by atoms with E-state index >= 15 is 0 Å². The van der Waals surface area contributed by atoms with Crippen LogP contribution in [0.3, 0.4) is 0 Å². The molecule has 156 valence electrons. The van der Waals surface area contributed by atoms with Gasteiger partial charge in [0.25, 0.3) is 0 Å². The third-order valence-corrected chi connectivity index (χ3v) is 5.92. The second-order valence-electron chi connectivity index (χ2n) is 7.80. The molecule has 1 aliphatic rings. The Balaban J connectivity index is 1.57. The van der Waals surface area contributed by atoms with Crippen molar-refractivity contribution in [3.63, 3.8) is 0 Å². The van der Waals surface area contributed by atoms with Gasteiger partial charge in [-0.2, -0.15) is 0 Å². The third-order valence-electron chi connectivity index (χ3n) is 5.92. The maximum absolute atomic E-state index is 13.5. The Bertz CT molecular complexity index is 1180. The predicted octanol–water partition coefficient (Wildman–Crippen LogP) is 5.45. The number of para-hydroxylation sites is 1. The summed E-state index contributed by atoms with van der Waals surface area (Å²) in [6, 6.07) is 24.4. The van der Waals surface area contributed by atoms with Gasteiger partial charge >= 0.3 is 6.03 Å². The summed E-state index contributed by atoms with van der Waals surface area (Å²) in [6.45, 7) is 3.02. The fourth-order valence-corrected chi connectivity index (χ4v) is 4.30. The molecule has 4 aromatic rings. The molecule has 0 spiro atoms. The molecule has 1 aliphatic heterocycles. The highest BCUT2D eigenvalue weighted by Crippen LogP contribution is 2.36. The van der Waals surface area contributed by atoms with Crippen LogP contribution in [0.25, 0.3) is 5.69 Å². The normalized spacial score (nSPS) is 15.1. The average molecular weight is 412 g/mol. The first-order valence-corrected chi connectivity index (χ1v) is 10.7. The summed E-state index contributed by atoms with van der Waals surface area (Å²) in [5, 5.41) is 3.04. The van der Waals surface area contributed by atoms with Crippen molar-refractivity contribution in [2.24, 2.45) is 0 Å². The van der Waals surface area contributed by atoms with Gasteiger partial charge in [-0.05, 0) is 53.4 Å². The highest BCUT2D eigenvalue weighted by atomic mass is 16.3. The van der Waals surface area contributed by atoms with E-state index < -0.39 is 0 Å². The van der Waals surface area contributed by atoms with E-state index in [0.29, 0.717) is 13.1 Å². The number of fused-ring (bicyclic) bond motifs is 3. The molecule has 1 N–H and O–H groups in total. The maximum Gasteiger partial charge on any atom is 0.318 e. The Labute approximate surface area is 181 Å². The minimum Gasteiger partial charge on any atom is -0.467 e. The van der Waals surface area contributed by atoms with Crippen molar-refractivity contribution in [1.82, 2.24) is 14.8 Å². The highest BCUT2D eigenvalue weighted by molar-refractivity contribution is 5.76. The number of urea groups is 1. The summed E-state index contributed by atoms with van der Waals surface area (Å²) >= 11 is 0. The third kappa shape index (κ3) is 3.63. The molecular weight excluding hydrogens is 386 g/mol. The second-order valence-corrected chi connectivity index (χ2v) is 7.80. The van der Waals surface area contributed by atoms with Crippen LogP contribution in [-0.4, -0.2) is 15.5 Å². The van der Waals surface area contributed by atoms with Gasteiger partial charge in [0, 0.05) is 11.9 Å². The number of nitrogens with one attached hydrogen (secondary N) is 1. The van der Waals surface area contributed by atoms with E-state index in [-0.39, 0.29) is 12.1 Å². The summed E-state index contributed by atoms with van der Waals surface area (Å²) < 4.78 is 7.60. The lowest BCUT2D eigenvalue weighted by Crippen LogP contribution is -2.41. The highest BCUT2D eigenvalue weighted by Gasteiger charge is 2.32. The quantitative estimate of drug-likeness (QED) is 0.486. The van der Waals surface area contributed by atoms with E-state index in [1.807, 2.05) is 35.2 Å². The molecule has 5 nitrogen and oxygen atoms in total. The van der Waals surface area contributed by atoms with Crippen molar-refractivity contribution < 1.29 is 9.21 Å². The van der Waals surface area contributed by atoms with Crippen LogP contribution in [0.15, 0.2) is 89.7 Å². The van der Waals surface area contributed by atoms with Gasteiger partial charge in [0.2, 0.25) is 0 Å². The van der Waals surface area contributed by atoms with Crippen LogP contribution in [0.2, 0.25) is 0 Å². The minimum absolute atomic E-state index is 0.120. The first-order valence-electron chi connectivity index (χ1n) is 10.7. The van der Waals surface area contributed by atoms with E-state index in [1.165, 1.54) is 5.56 Å². The Morgan fingerprint density at radius 3 is 2.65 bits per heavy atom. The fourth-order valence-electron chi connectivity index (χ4n) is 4.30. The van der Waals surface area contributed by atoms with Crippen molar-refractivity contribution in [2.45, 2.75) is 32.5 Å². The monoisotopic (exact) mass is 411 g/mol. The predicted molar refractivity (Wildman–Crippen MR) is 120 cm³/mol. The Morgan fingerprint density at radius 2 is 1.87 bits per heavy atom. The van der Waals surface area contributed by atoms with Crippen molar-refractivity contribution in [2.75, 3.05) is 0 Å². The number of hydrogen-bond acceptors (Lipinski definition) is 2. The Kier molecular flexibility index (Phi) is 5.08. The maximum atomic E-state index is 13.5. The molecule has 0 radical (unpaired) electrons. The number of aromatic nitrogens is 1. The first-order chi connectivity index (χ1) is 15.2. The smallest absolute Gasteiger partial charge is 0.318 e. The van der Waals surface area contributed by atoms with Crippen molar-refractivity contribution in [1.29, 1.82) is 0 Å². The number of amides is 2. The SMILES string of the molecule is CCc1ccc(C2c3cccn3-c3ccccc3CN2C(=O)NCc2ccco2)cc1. The largest absolute Gasteiger partial charge is 0.467 e. The summed E-state index contributed by atoms with van der Waals surface area (Å²) in [7, 11) is 0. The van der Waals surface area contributed by atoms with Crippen LogP contribution in [0.5, 0.6) is 0 Å². The van der Waals surface area contributed by atoms with Gasteiger partial charge in [-0.25, -0.2) is 4.79 Å². The van der Waals surface area contributed by atoms with E-state index in [4.69, 9.17) is 4.42 Å². The molecule has 3 heterocycles.